The van der Waals surface area contributed by atoms with Gasteiger partial charge in [0.15, 0.2) is 0 Å². The van der Waals surface area contributed by atoms with Crippen molar-refractivity contribution >= 4 is 28.2 Å². The van der Waals surface area contributed by atoms with E-state index in [0.29, 0.717) is 22.0 Å². The Labute approximate surface area is 179 Å². The summed E-state index contributed by atoms with van der Waals surface area (Å²) in [5, 5.41) is 14.6. The third-order valence-corrected chi connectivity index (χ3v) is 5.22. The SMILES string of the molecule is Oc1c(C(Nc2cc(C(F)(F)F)ccc2Cl)c2ccc(F)cc2)ccc2cccnc12. The highest BCUT2D eigenvalue weighted by molar-refractivity contribution is 6.33. The lowest BCUT2D eigenvalue weighted by molar-refractivity contribution is -0.137. The topological polar surface area (TPSA) is 45.1 Å². The highest BCUT2D eigenvalue weighted by atomic mass is 35.5. The fourth-order valence-corrected chi connectivity index (χ4v) is 3.51. The maximum Gasteiger partial charge on any atom is 0.416 e. The van der Waals surface area contributed by atoms with E-state index in [0.717, 1.165) is 18.2 Å². The van der Waals surface area contributed by atoms with Crippen LogP contribution in [0.1, 0.15) is 22.7 Å². The molecule has 3 nitrogen and oxygen atoms in total. The van der Waals surface area contributed by atoms with Gasteiger partial charge >= 0.3 is 6.18 Å². The van der Waals surface area contributed by atoms with Gasteiger partial charge in [0.05, 0.1) is 22.3 Å². The Kier molecular flexibility index (Phi) is 5.45. The second kappa shape index (κ2) is 8.07. The third kappa shape index (κ3) is 4.27. The monoisotopic (exact) mass is 446 g/mol. The molecule has 0 amide bonds. The number of benzene rings is 3. The van der Waals surface area contributed by atoms with Gasteiger partial charge < -0.3 is 10.4 Å². The van der Waals surface area contributed by atoms with Crippen LogP contribution in [0.3, 0.4) is 0 Å². The minimum absolute atomic E-state index is 0.0198. The second-order valence-corrected chi connectivity index (χ2v) is 7.31. The minimum Gasteiger partial charge on any atom is -0.505 e. The molecule has 0 radical (unpaired) electrons. The molecular formula is C23H15ClF4N2O. The van der Waals surface area contributed by atoms with Crippen molar-refractivity contribution in [2.75, 3.05) is 5.32 Å². The van der Waals surface area contributed by atoms with Crippen LogP contribution in [0.5, 0.6) is 5.75 Å². The number of rotatable bonds is 4. The van der Waals surface area contributed by atoms with Gasteiger partial charge in [-0.1, -0.05) is 41.9 Å². The van der Waals surface area contributed by atoms with Gasteiger partial charge in [0.25, 0.3) is 0 Å². The van der Waals surface area contributed by atoms with Crippen LogP contribution in [0.2, 0.25) is 5.02 Å². The molecule has 2 N–H and O–H groups in total. The first-order valence-corrected chi connectivity index (χ1v) is 9.57. The molecule has 158 valence electrons. The molecular weight excluding hydrogens is 432 g/mol. The van der Waals surface area contributed by atoms with Crippen LogP contribution in [-0.2, 0) is 6.18 Å². The molecule has 0 saturated carbocycles. The minimum atomic E-state index is -4.55. The van der Waals surface area contributed by atoms with Crippen molar-refractivity contribution in [3.63, 3.8) is 0 Å². The summed E-state index contributed by atoms with van der Waals surface area (Å²) < 4.78 is 53.1. The van der Waals surface area contributed by atoms with Crippen molar-refractivity contribution in [1.29, 1.82) is 0 Å². The molecule has 1 unspecified atom stereocenters. The fourth-order valence-electron chi connectivity index (χ4n) is 3.34. The normalized spacial score (nSPS) is 12.7. The van der Waals surface area contributed by atoms with E-state index >= 15 is 0 Å². The van der Waals surface area contributed by atoms with Crippen LogP contribution in [0, 0.1) is 5.82 Å². The number of anilines is 1. The van der Waals surface area contributed by atoms with Gasteiger partial charge in [-0.25, -0.2) is 4.39 Å². The summed E-state index contributed by atoms with van der Waals surface area (Å²) >= 11 is 6.16. The number of aromatic nitrogens is 1. The predicted molar refractivity (Wildman–Crippen MR) is 112 cm³/mol. The zero-order valence-electron chi connectivity index (χ0n) is 15.8. The highest BCUT2D eigenvalue weighted by Gasteiger charge is 2.31. The van der Waals surface area contributed by atoms with E-state index in [2.05, 4.69) is 10.3 Å². The molecule has 8 heteroatoms. The van der Waals surface area contributed by atoms with Crippen LogP contribution >= 0.6 is 11.6 Å². The summed E-state index contributed by atoms with van der Waals surface area (Å²) in [5.41, 5.74) is 0.351. The molecule has 0 bridgehead atoms. The van der Waals surface area contributed by atoms with Crippen molar-refractivity contribution < 1.29 is 22.7 Å². The maximum atomic E-state index is 13.5. The number of phenolic OH excluding ortho intramolecular Hbond substituents is 1. The average molecular weight is 447 g/mol. The van der Waals surface area contributed by atoms with E-state index in [4.69, 9.17) is 11.6 Å². The van der Waals surface area contributed by atoms with E-state index < -0.39 is 23.6 Å². The van der Waals surface area contributed by atoms with Crippen molar-refractivity contribution in [3.05, 3.63) is 100 Å². The molecule has 1 aromatic heterocycles. The number of pyridine rings is 1. The Morgan fingerprint density at radius 1 is 0.968 bits per heavy atom. The number of halogens is 5. The summed E-state index contributed by atoms with van der Waals surface area (Å²) in [6.07, 6.45) is -3.03. The van der Waals surface area contributed by atoms with Crippen molar-refractivity contribution in [2.24, 2.45) is 0 Å². The van der Waals surface area contributed by atoms with Crippen molar-refractivity contribution in [3.8, 4) is 5.75 Å². The number of alkyl halides is 3. The Morgan fingerprint density at radius 2 is 1.71 bits per heavy atom. The molecule has 0 fully saturated rings. The fraction of sp³-hybridized carbons (Fsp3) is 0.0870. The van der Waals surface area contributed by atoms with E-state index in [1.54, 1.807) is 24.3 Å². The van der Waals surface area contributed by atoms with Gasteiger partial charge in [0, 0.05) is 17.1 Å². The molecule has 31 heavy (non-hydrogen) atoms. The van der Waals surface area contributed by atoms with E-state index in [1.807, 2.05) is 0 Å². The Balaban J connectivity index is 1.86. The molecule has 1 heterocycles. The summed E-state index contributed by atoms with van der Waals surface area (Å²) in [4.78, 5) is 4.19. The van der Waals surface area contributed by atoms with Gasteiger partial charge in [0.2, 0.25) is 0 Å². The highest BCUT2D eigenvalue weighted by Crippen LogP contribution is 2.39. The van der Waals surface area contributed by atoms with Gasteiger partial charge in [-0.2, -0.15) is 13.2 Å². The molecule has 0 aliphatic heterocycles. The molecule has 1 atom stereocenters. The Bertz CT molecular complexity index is 1240. The summed E-state index contributed by atoms with van der Waals surface area (Å²) in [5.74, 6) is -0.605. The standard InChI is InChI=1S/C23H15ClF4N2O/c24-18-10-6-15(23(26,27)28)12-19(18)30-20(14-3-7-16(25)8-4-14)17-9-5-13-2-1-11-29-21(13)22(17)31/h1-12,20,30-31H. The van der Waals surface area contributed by atoms with E-state index in [1.165, 1.54) is 30.5 Å². The van der Waals surface area contributed by atoms with Gasteiger partial charge in [-0.05, 0) is 42.0 Å². The Morgan fingerprint density at radius 3 is 2.42 bits per heavy atom. The number of hydrogen-bond acceptors (Lipinski definition) is 3. The molecule has 4 aromatic rings. The van der Waals surface area contributed by atoms with Crippen molar-refractivity contribution in [1.82, 2.24) is 4.98 Å². The summed E-state index contributed by atoms with van der Waals surface area (Å²) in [6, 6.07) is 14.4. The van der Waals surface area contributed by atoms with Crippen LogP contribution in [-0.4, -0.2) is 10.1 Å². The first kappa shape index (κ1) is 20.9. The number of hydrogen-bond donors (Lipinski definition) is 2. The predicted octanol–water partition coefficient (Wildman–Crippen LogP) is 6.95. The smallest absolute Gasteiger partial charge is 0.416 e. The molecule has 0 saturated heterocycles. The number of nitrogens with zero attached hydrogens (tertiary/aromatic N) is 1. The van der Waals surface area contributed by atoms with E-state index in [9.17, 15) is 22.7 Å². The lowest BCUT2D eigenvalue weighted by Gasteiger charge is -2.24. The first-order valence-electron chi connectivity index (χ1n) is 9.19. The van der Waals surface area contributed by atoms with Crippen LogP contribution in [0.4, 0.5) is 23.2 Å². The number of fused-ring (bicyclic) bond motifs is 1. The van der Waals surface area contributed by atoms with E-state index in [-0.39, 0.29) is 16.5 Å². The maximum absolute atomic E-state index is 13.5. The summed E-state index contributed by atoms with van der Waals surface area (Å²) in [7, 11) is 0. The Hall–Kier alpha value is -3.32. The molecule has 3 aromatic carbocycles. The molecule has 4 rings (SSSR count). The third-order valence-electron chi connectivity index (χ3n) is 4.89. The van der Waals surface area contributed by atoms with Crippen molar-refractivity contribution in [2.45, 2.75) is 12.2 Å². The summed E-state index contributed by atoms with van der Waals surface area (Å²) in [6.45, 7) is 0. The molecule has 0 aliphatic rings. The second-order valence-electron chi connectivity index (χ2n) is 6.90. The number of aromatic hydroxyl groups is 1. The molecule has 0 aliphatic carbocycles. The quantitative estimate of drug-likeness (QED) is 0.333. The number of phenols is 1. The van der Waals surface area contributed by atoms with Crippen LogP contribution < -0.4 is 5.32 Å². The molecule has 0 spiro atoms. The van der Waals surface area contributed by atoms with Gasteiger partial charge in [-0.3, -0.25) is 4.98 Å². The average Bonchev–Trinajstić information content (AvgIpc) is 2.74. The zero-order valence-corrected chi connectivity index (χ0v) is 16.5. The van der Waals surface area contributed by atoms with Crippen LogP contribution in [0.25, 0.3) is 10.9 Å². The van der Waals surface area contributed by atoms with Gasteiger partial charge in [-0.15, -0.1) is 0 Å². The van der Waals surface area contributed by atoms with Gasteiger partial charge in [0.1, 0.15) is 17.1 Å². The largest absolute Gasteiger partial charge is 0.505 e. The zero-order chi connectivity index (χ0) is 22.2. The first-order chi connectivity index (χ1) is 14.7. The lowest BCUT2D eigenvalue weighted by atomic mass is 9.95. The number of nitrogens with one attached hydrogen (secondary N) is 1. The van der Waals surface area contributed by atoms with Crippen LogP contribution in [0.15, 0.2) is 72.9 Å². The lowest BCUT2D eigenvalue weighted by Crippen LogP contribution is -2.14.